The molecule has 2 aromatic heterocycles. The molecule has 0 N–H and O–H groups in total. The highest BCUT2D eigenvalue weighted by atomic mass is 14.9. The number of fused-ring (bicyclic) bond motifs is 3. The first-order valence-corrected chi connectivity index (χ1v) is 6.64. The molecule has 0 aliphatic rings. The van der Waals surface area contributed by atoms with E-state index in [9.17, 15) is 0 Å². The molecule has 0 bridgehead atoms. The molecule has 0 fully saturated rings. The van der Waals surface area contributed by atoms with Gasteiger partial charge in [0.15, 0.2) is 6.20 Å². The van der Waals surface area contributed by atoms with Gasteiger partial charge in [0.05, 0.1) is 5.39 Å². The number of hydrogen-bond donors (Lipinski definition) is 0. The van der Waals surface area contributed by atoms with Gasteiger partial charge in [0, 0.05) is 17.1 Å². The molecule has 2 heterocycles. The second kappa shape index (κ2) is 4.02. The summed E-state index contributed by atoms with van der Waals surface area (Å²) in [5, 5.41) is 2.58. The summed E-state index contributed by atoms with van der Waals surface area (Å²) in [5.74, 6) is 0. The second-order valence-electron chi connectivity index (χ2n) is 5.55. The third kappa shape index (κ3) is 1.71. The Morgan fingerprint density at radius 2 is 1.53 bits per heavy atom. The molecule has 0 aliphatic heterocycles. The maximum Gasteiger partial charge on any atom is 0.239 e. The lowest BCUT2D eigenvalue weighted by Gasteiger charge is -2.10. The number of nitrogens with zero attached hydrogens (tertiary/aromatic N) is 2. The number of aromatic nitrogens is 2. The molecule has 2 nitrogen and oxygen atoms in total. The largest absolute Gasteiger partial charge is 0.249 e. The van der Waals surface area contributed by atoms with Crippen molar-refractivity contribution in [2.75, 3.05) is 0 Å². The number of pyridine rings is 2. The van der Waals surface area contributed by atoms with Crippen LogP contribution in [0.4, 0.5) is 0 Å². The summed E-state index contributed by atoms with van der Waals surface area (Å²) in [5.41, 5.74) is 7.52. The van der Waals surface area contributed by atoms with E-state index in [2.05, 4.69) is 62.6 Å². The molecule has 0 spiro atoms. The van der Waals surface area contributed by atoms with Gasteiger partial charge in [-0.3, -0.25) is 0 Å². The van der Waals surface area contributed by atoms with Crippen molar-refractivity contribution in [1.29, 1.82) is 0 Å². The van der Waals surface area contributed by atoms with Crippen molar-refractivity contribution >= 4 is 21.8 Å². The Hall–Kier alpha value is -1.96. The van der Waals surface area contributed by atoms with Crippen molar-refractivity contribution in [2.45, 2.75) is 27.7 Å². The van der Waals surface area contributed by atoms with E-state index >= 15 is 0 Å². The van der Waals surface area contributed by atoms with Crippen LogP contribution in [0.2, 0.25) is 0 Å². The summed E-state index contributed by atoms with van der Waals surface area (Å²) in [6, 6.07) is 4.50. The molecule has 19 heavy (non-hydrogen) atoms. The quantitative estimate of drug-likeness (QED) is 0.442. The molecule has 3 rings (SSSR count). The molecule has 0 saturated carbocycles. The Labute approximate surface area is 113 Å². The topological polar surface area (TPSA) is 16.8 Å². The van der Waals surface area contributed by atoms with E-state index in [1.54, 1.807) is 0 Å². The average Bonchev–Trinajstić information content (AvgIpc) is 2.35. The lowest BCUT2D eigenvalue weighted by molar-refractivity contribution is -0.644. The zero-order valence-corrected chi connectivity index (χ0v) is 12.2. The standard InChI is InChI=1S/C17H19N2/c1-10-6-14-12(3)13(4)15-7-11(2)9-19(5)17(15)16(14)18-8-10/h6-9H,1-5H3/q+1. The highest BCUT2D eigenvalue weighted by Crippen LogP contribution is 2.29. The maximum atomic E-state index is 4.68. The van der Waals surface area contributed by atoms with Gasteiger partial charge in [-0.05, 0) is 56.5 Å². The van der Waals surface area contributed by atoms with Crippen molar-refractivity contribution in [3.05, 3.63) is 46.8 Å². The Balaban J connectivity index is 2.67. The molecule has 0 aliphatic carbocycles. The maximum absolute atomic E-state index is 4.68. The van der Waals surface area contributed by atoms with Gasteiger partial charge in [0.25, 0.3) is 0 Å². The van der Waals surface area contributed by atoms with Gasteiger partial charge in [0.1, 0.15) is 12.6 Å². The lowest BCUT2D eigenvalue weighted by Crippen LogP contribution is -2.29. The van der Waals surface area contributed by atoms with Crippen LogP contribution in [-0.4, -0.2) is 4.98 Å². The van der Waals surface area contributed by atoms with Crippen molar-refractivity contribution in [1.82, 2.24) is 4.98 Å². The van der Waals surface area contributed by atoms with Crippen molar-refractivity contribution in [3.63, 3.8) is 0 Å². The van der Waals surface area contributed by atoms with Gasteiger partial charge in [-0.2, -0.15) is 4.57 Å². The van der Waals surface area contributed by atoms with Crippen LogP contribution in [0.5, 0.6) is 0 Å². The van der Waals surface area contributed by atoms with Crippen LogP contribution in [0, 0.1) is 27.7 Å². The molecule has 96 valence electrons. The SMILES string of the molecule is Cc1cnc2c(c1)c(C)c(C)c1cc(C)c[n+](C)c12. The van der Waals surface area contributed by atoms with Crippen LogP contribution >= 0.6 is 0 Å². The minimum absolute atomic E-state index is 1.10. The molecule has 0 atom stereocenters. The molecule has 0 amide bonds. The average molecular weight is 251 g/mol. The van der Waals surface area contributed by atoms with Crippen LogP contribution in [0.15, 0.2) is 24.5 Å². The van der Waals surface area contributed by atoms with Gasteiger partial charge >= 0.3 is 0 Å². The number of rotatable bonds is 0. The van der Waals surface area contributed by atoms with E-state index in [0.29, 0.717) is 0 Å². The van der Waals surface area contributed by atoms with Gasteiger partial charge in [-0.1, -0.05) is 0 Å². The number of aryl methyl sites for hydroxylation is 5. The third-order valence-corrected chi connectivity index (χ3v) is 4.00. The number of hydrogen-bond acceptors (Lipinski definition) is 1. The summed E-state index contributed by atoms with van der Waals surface area (Å²) in [7, 11) is 2.10. The zero-order valence-electron chi connectivity index (χ0n) is 12.2. The first-order valence-electron chi connectivity index (χ1n) is 6.64. The normalized spacial score (nSPS) is 11.4. The predicted molar refractivity (Wildman–Crippen MR) is 79.4 cm³/mol. The van der Waals surface area contributed by atoms with E-state index in [-0.39, 0.29) is 0 Å². The van der Waals surface area contributed by atoms with Crippen molar-refractivity contribution in [3.8, 4) is 0 Å². The first kappa shape index (κ1) is 12.1. The predicted octanol–water partition coefficient (Wildman–Crippen LogP) is 3.45. The van der Waals surface area contributed by atoms with E-state index < -0.39 is 0 Å². The molecule has 1 aromatic carbocycles. The minimum Gasteiger partial charge on any atom is -0.249 e. The van der Waals surface area contributed by atoms with E-state index in [1.807, 2.05) is 6.20 Å². The second-order valence-corrected chi connectivity index (χ2v) is 5.55. The van der Waals surface area contributed by atoms with Crippen LogP contribution in [-0.2, 0) is 7.05 Å². The first-order chi connectivity index (χ1) is 8.99. The summed E-state index contributed by atoms with van der Waals surface area (Å²) in [4.78, 5) is 4.68. The Morgan fingerprint density at radius 3 is 2.26 bits per heavy atom. The molecule has 2 heteroatoms. The van der Waals surface area contributed by atoms with Crippen molar-refractivity contribution in [2.24, 2.45) is 7.05 Å². The molecular weight excluding hydrogens is 232 g/mol. The van der Waals surface area contributed by atoms with Crippen LogP contribution < -0.4 is 4.57 Å². The van der Waals surface area contributed by atoms with E-state index in [4.69, 9.17) is 0 Å². The lowest BCUT2D eigenvalue weighted by atomic mass is 9.97. The summed E-state index contributed by atoms with van der Waals surface area (Å²) >= 11 is 0. The fourth-order valence-corrected chi connectivity index (χ4v) is 2.92. The monoisotopic (exact) mass is 251 g/mol. The summed E-state index contributed by atoms with van der Waals surface area (Å²) in [6.07, 6.45) is 4.12. The molecule has 0 unspecified atom stereocenters. The fraction of sp³-hybridized carbons (Fsp3) is 0.294. The zero-order chi connectivity index (χ0) is 13.7. The van der Waals surface area contributed by atoms with E-state index in [1.165, 1.54) is 38.5 Å². The van der Waals surface area contributed by atoms with Gasteiger partial charge < -0.3 is 0 Å². The van der Waals surface area contributed by atoms with Gasteiger partial charge in [-0.25, -0.2) is 4.98 Å². The van der Waals surface area contributed by atoms with Gasteiger partial charge in [-0.15, -0.1) is 0 Å². The van der Waals surface area contributed by atoms with Crippen molar-refractivity contribution < 1.29 is 4.57 Å². The smallest absolute Gasteiger partial charge is 0.239 e. The third-order valence-electron chi connectivity index (χ3n) is 4.00. The number of benzene rings is 1. The highest BCUT2D eigenvalue weighted by molar-refractivity contribution is 6.04. The molecule has 0 radical (unpaired) electrons. The highest BCUT2D eigenvalue weighted by Gasteiger charge is 2.17. The molecule has 0 saturated heterocycles. The van der Waals surface area contributed by atoms with Crippen LogP contribution in [0.1, 0.15) is 22.3 Å². The van der Waals surface area contributed by atoms with Gasteiger partial charge in [0.2, 0.25) is 5.52 Å². The fourth-order valence-electron chi connectivity index (χ4n) is 2.92. The van der Waals surface area contributed by atoms with Crippen LogP contribution in [0.25, 0.3) is 21.8 Å². The van der Waals surface area contributed by atoms with E-state index in [0.717, 1.165) is 5.52 Å². The molecular formula is C17H19N2+. The summed E-state index contributed by atoms with van der Waals surface area (Å²) in [6.45, 7) is 8.64. The molecule has 3 aromatic rings. The Kier molecular flexibility index (Phi) is 2.56. The Morgan fingerprint density at radius 1 is 0.895 bits per heavy atom. The van der Waals surface area contributed by atoms with Crippen LogP contribution in [0.3, 0.4) is 0 Å². The minimum atomic E-state index is 1.10. The Bertz CT molecular complexity index is 817. The summed E-state index contributed by atoms with van der Waals surface area (Å²) < 4.78 is 2.20.